The minimum Gasteiger partial charge on any atom is -0.302 e. The molecule has 0 aliphatic rings. The molecule has 0 saturated heterocycles. The lowest BCUT2D eigenvalue weighted by Crippen LogP contribution is -2.02. The molecule has 6 nitrogen and oxygen atoms in total. The molecule has 3 aromatic heterocycles. The average molecular weight is 407 g/mol. The molecule has 0 aliphatic carbocycles. The van der Waals surface area contributed by atoms with Crippen LogP contribution < -0.4 is 0 Å². The Morgan fingerprint density at radius 2 is 1.96 bits per heavy atom. The van der Waals surface area contributed by atoms with Crippen LogP contribution in [0.2, 0.25) is 5.02 Å². The number of hydrogen-bond donors (Lipinski definition) is 0. The standard InChI is InChI=1S/C20H15ClN6S/c1-2-9-27-19(13-5-7-23-8-6-13)25-26-20(27)28-18-10-14(12-22)16-11-15(21)3-4-17(16)24-18/h3-8,10-11H,2,9H2,1H3. The van der Waals surface area contributed by atoms with Crippen LogP contribution in [0, 0.1) is 11.3 Å². The van der Waals surface area contributed by atoms with Gasteiger partial charge in [0, 0.05) is 34.9 Å². The quantitative estimate of drug-likeness (QED) is 0.465. The van der Waals surface area contributed by atoms with E-state index in [1.165, 1.54) is 11.8 Å². The van der Waals surface area contributed by atoms with Crippen LogP contribution >= 0.6 is 23.4 Å². The van der Waals surface area contributed by atoms with Gasteiger partial charge in [0.2, 0.25) is 0 Å². The second kappa shape index (κ2) is 7.97. The summed E-state index contributed by atoms with van der Waals surface area (Å²) in [6.45, 7) is 2.89. The maximum Gasteiger partial charge on any atom is 0.197 e. The second-order valence-corrected chi connectivity index (χ2v) is 7.50. The van der Waals surface area contributed by atoms with E-state index in [1.54, 1.807) is 30.6 Å². The molecule has 0 fully saturated rings. The van der Waals surface area contributed by atoms with Gasteiger partial charge >= 0.3 is 0 Å². The minimum atomic E-state index is 0.533. The zero-order chi connectivity index (χ0) is 19.5. The van der Waals surface area contributed by atoms with Crippen molar-refractivity contribution in [1.82, 2.24) is 24.7 Å². The van der Waals surface area contributed by atoms with Crippen molar-refractivity contribution in [3.8, 4) is 17.5 Å². The Kier molecular flexibility index (Phi) is 5.24. The van der Waals surface area contributed by atoms with Gasteiger partial charge in [0.1, 0.15) is 5.03 Å². The number of pyridine rings is 2. The molecule has 0 unspecified atom stereocenters. The van der Waals surface area contributed by atoms with E-state index < -0.39 is 0 Å². The number of rotatable bonds is 5. The van der Waals surface area contributed by atoms with Crippen LogP contribution in [0.25, 0.3) is 22.3 Å². The smallest absolute Gasteiger partial charge is 0.197 e. The van der Waals surface area contributed by atoms with Crippen LogP contribution in [-0.2, 0) is 6.54 Å². The first-order valence-corrected chi connectivity index (χ1v) is 9.91. The van der Waals surface area contributed by atoms with Crippen molar-refractivity contribution in [2.24, 2.45) is 0 Å². The molecule has 0 atom stereocenters. The van der Waals surface area contributed by atoms with Crippen LogP contribution in [0.15, 0.2) is 59.0 Å². The summed E-state index contributed by atoms with van der Waals surface area (Å²) in [7, 11) is 0. The summed E-state index contributed by atoms with van der Waals surface area (Å²) in [4.78, 5) is 8.73. The van der Waals surface area contributed by atoms with Gasteiger partial charge in [-0.1, -0.05) is 18.5 Å². The van der Waals surface area contributed by atoms with Gasteiger partial charge in [-0.3, -0.25) is 4.98 Å². The van der Waals surface area contributed by atoms with Crippen molar-refractivity contribution in [2.75, 3.05) is 0 Å². The predicted molar refractivity (Wildman–Crippen MR) is 109 cm³/mol. The third-order valence-electron chi connectivity index (χ3n) is 4.17. The first-order valence-electron chi connectivity index (χ1n) is 8.71. The Morgan fingerprint density at radius 1 is 1.14 bits per heavy atom. The predicted octanol–water partition coefficient (Wildman–Crippen LogP) is 4.97. The van der Waals surface area contributed by atoms with Gasteiger partial charge in [-0.05, 0) is 54.6 Å². The normalized spacial score (nSPS) is 10.9. The summed E-state index contributed by atoms with van der Waals surface area (Å²) >= 11 is 7.46. The van der Waals surface area contributed by atoms with Gasteiger partial charge in [0.25, 0.3) is 0 Å². The highest BCUT2D eigenvalue weighted by molar-refractivity contribution is 7.99. The minimum absolute atomic E-state index is 0.533. The Labute approximate surface area is 171 Å². The number of fused-ring (bicyclic) bond motifs is 1. The Balaban J connectivity index is 1.76. The summed E-state index contributed by atoms with van der Waals surface area (Å²) in [6.07, 6.45) is 4.42. The van der Waals surface area contributed by atoms with Crippen molar-refractivity contribution in [3.63, 3.8) is 0 Å². The molecule has 1 aromatic carbocycles. The van der Waals surface area contributed by atoms with Crippen LogP contribution in [0.5, 0.6) is 0 Å². The van der Waals surface area contributed by atoms with Crippen LogP contribution in [0.4, 0.5) is 0 Å². The highest BCUT2D eigenvalue weighted by Crippen LogP contribution is 2.31. The molecule has 0 bridgehead atoms. The van der Waals surface area contributed by atoms with Crippen LogP contribution in [0.1, 0.15) is 18.9 Å². The summed E-state index contributed by atoms with van der Waals surface area (Å²) in [5.74, 6) is 0.792. The van der Waals surface area contributed by atoms with E-state index in [2.05, 4.69) is 37.7 Å². The first kappa shape index (κ1) is 18.4. The van der Waals surface area contributed by atoms with Crippen molar-refractivity contribution in [2.45, 2.75) is 30.1 Å². The molecule has 0 spiro atoms. The van der Waals surface area contributed by atoms with Gasteiger partial charge < -0.3 is 4.57 Å². The molecule has 28 heavy (non-hydrogen) atoms. The number of hydrogen-bond acceptors (Lipinski definition) is 6. The van der Waals surface area contributed by atoms with Crippen molar-refractivity contribution in [1.29, 1.82) is 5.26 Å². The van der Waals surface area contributed by atoms with Crippen LogP contribution in [0.3, 0.4) is 0 Å². The summed E-state index contributed by atoms with van der Waals surface area (Å²) in [5.41, 5.74) is 2.22. The molecule has 0 N–H and O–H groups in total. The topological polar surface area (TPSA) is 80.3 Å². The van der Waals surface area contributed by atoms with Gasteiger partial charge in [0.15, 0.2) is 11.0 Å². The second-order valence-electron chi connectivity index (χ2n) is 6.08. The number of nitrogens with zero attached hydrogens (tertiary/aromatic N) is 6. The Bertz CT molecular complexity index is 1180. The summed E-state index contributed by atoms with van der Waals surface area (Å²) < 4.78 is 2.07. The van der Waals surface area contributed by atoms with Gasteiger partial charge in [-0.25, -0.2) is 4.98 Å². The van der Waals surface area contributed by atoms with Gasteiger partial charge in [-0.15, -0.1) is 10.2 Å². The van der Waals surface area contributed by atoms with Gasteiger partial charge in [0.05, 0.1) is 17.1 Å². The molecular formula is C20H15ClN6S. The van der Waals surface area contributed by atoms with Crippen molar-refractivity contribution >= 4 is 34.3 Å². The molecule has 0 aliphatic heterocycles. The molecule has 8 heteroatoms. The highest BCUT2D eigenvalue weighted by Gasteiger charge is 2.16. The molecule has 138 valence electrons. The number of benzene rings is 1. The van der Waals surface area contributed by atoms with E-state index in [-0.39, 0.29) is 0 Å². The molecule has 3 heterocycles. The fourth-order valence-corrected chi connectivity index (χ4v) is 3.97. The van der Waals surface area contributed by atoms with Crippen molar-refractivity contribution in [3.05, 3.63) is 59.4 Å². The zero-order valence-corrected chi connectivity index (χ0v) is 16.6. The fourth-order valence-electron chi connectivity index (χ4n) is 2.92. The lowest BCUT2D eigenvalue weighted by molar-refractivity contribution is 0.626. The molecule has 4 aromatic rings. The lowest BCUT2D eigenvalue weighted by atomic mass is 10.1. The number of nitriles is 1. The van der Waals surface area contributed by atoms with E-state index in [9.17, 15) is 5.26 Å². The Hall–Kier alpha value is -2.95. The fraction of sp³-hybridized carbons (Fsp3) is 0.150. The number of halogens is 1. The van der Waals surface area contributed by atoms with E-state index in [1.807, 2.05) is 18.2 Å². The number of aromatic nitrogens is 5. The van der Waals surface area contributed by atoms with E-state index in [0.29, 0.717) is 15.6 Å². The van der Waals surface area contributed by atoms with Crippen molar-refractivity contribution < 1.29 is 0 Å². The lowest BCUT2D eigenvalue weighted by Gasteiger charge is -2.09. The van der Waals surface area contributed by atoms with Crippen LogP contribution in [-0.4, -0.2) is 24.7 Å². The zero-order valence-electron chi connectivity index (χ0n) is 15.0. The maximum atomic E-state index is 9.54. The average Bonchev–Trinajstić information content (AvgIpc) is 3.11. The highest BCUT2D eigenvalue weighted by atomic mass is 35.5. The summed E-state index contributed by atoms with van der Waals surface area (Å²) in [5, 5.41) is 21.0. The van der Waals surface area contributed by atoms with E-state index >= 15 is 0 Å². The summed E-state index contributed by atoms with van der Waals surface area (Å²) in [6, 6.07) is 13.2. The maximum absolute atomic E-state index is 9.54. The third-order valence-corrected chi connectivity index (χ3v) is 5.30. The SMILES string of the molecule is CCCn1c(Sc2cc(C#N)c3cc(Cl)ccc3n2)nnc1-c1ccncc1. The monoisotopic (exact) mass is 406 g/mol. The first-order chi connectivity index (χ1) is 13.7. The molecule has 0 amide bonds. The molecule has 0 saturated carbocycles. The molecule has 4 rings (SSSR count). The third kappa shape index (κ3) is 3.57. The van der Waals surface area contributed by atoms with E-state index in [0.717, 1.165) is 40.4 Å². The molecule has 0 radical (unpaired) electrons. The largest absolute Gasteiger partial charge is 0.302 e. The van der Waals surface area contributed by atoms with Gasteiger partial charge in [-0.2, -0.15) is 5.26 Å². The van der Waals surface area contributed by atoms with E-state index in [4.69, 9.17) is 11.6 Å². The Morgan fingerprint density at radius 3 is 2.71 bits per heavy atom. The molecular weight excluding hydrogens is 392 g/mol.